The number of methoxy groups -OCH3 is 2. The molecule has 40 heavy (non-hydrogen) atoms. The van der Waals surface area contributed by atoms with E-state index in [0.717, 1.165) is 24.2 Å². The van der Waals surface area contributed by atoms with Crippen molar-refractivity contribution in [1.82, 2.24) is 10.3 Å². The first-order chi connectivity index (χ1) is 18.9. The number of alkyl carbamates (subject to hydrolysis) is 1. The Hall–Kier alpha value is -3.05. The van der Waals surface area contributed by atoms with Crippen molar-refractivity contribution >= 4 is 33.7 Å². The van der Waals surface area contributed by atoms with Crippen molar-refractivity contribution in [2.45, 2.75) is 64.9 Å². The predicted octanol–water partition coefficient (Wildman–Crippen LogP) is 5.12. The summed E-state index contributed by atoms with van der Waals surface area (Å²) in [7, 11) is 2.96. The van der Waals surface area contributed by atoms with Crippen molar-refractivity contribution < 1.29 is 33.3 Å². The first kappa shape index (κ1) is 29.9. The van der Waals surface area contributed by atoms with Crippen LogP contribution in [0.15, 0.2) is 34.9 Å². The molecule has 218 valence electrons. The van der Waals surface area contributed by atoms with Gasteiger partial charge in [0.2, 0.25) is 0 Å². The van der Waals surface area contributed by atoms with Crippen LogP contribution >= 0.6 is 15.9 Å². The highest BCUT2D eigenvalue weighted by molar-refractivity contribution is 9.10. The number of anilines is 1. The van der Waals surface area contributed by atoms with E-state index in [0.29, 0.717) is 42.3 Å². The first-order valence-electron chi connectivity index (χ1n) is 13.4. The molecule has 2 fully saturated rings. The Bertz CT molecular complexity index is 1210. The van der Waals surface area contributed by atoms with E-state index in [1.807, 2.05) is 58.0 Å². The number of pyridine rings is 1. The van der Waals surface area contributed by atoms with Crippen molar-refractivity contribution in [3.63, 3.8) is 0 Å². The fourth-order valence-electron chi connectivity index (χ4n) is 5.27. The van der Waals surface area contributed by atoms with Crippen LogP contribution in [0.3, 0.4) is 0 Å². The molecule has 0 bridgehead atoms. The Morgan fingerprint density at radius 3 is 2.45 bits per heavy atom. The smallest absolute Gasteiger partial charge is 0.407 e. The van der Waals surface area contributed by atoms with E-state index < -0.39 is 17.7 Å². The first-order valence-corrected chi connectivity index (χ1v) is 14.1. The molecule has 1 amide bonds. The quantitative estimate of drug-likeness (QED) is 0.334. The molecule has 2 saturated heterocycles. The fourth-order valence-corrected chi connectivity index (χ4v) is 5.68. The fraction of sp³-hybridized carbons (Fsp3) is 0.552. The lowest BCUT2D eigenvalue weighted by molar-refractivity contribution is 0.0433. The Labute approximate surface area is 243 Å². The van der Waals surface area contributed by atoms with Crippen LogP contribution in [0.25, 0.3) is 0 Å². The van der Waals surface area contributed by atoms with E-state index in [9.17, 15) is 9.59 Å². The maximum absolute atomic E-state index is 12.7. The van der Waals surface area contributed by atoms with Crippen LogP contribution in [0.1, 0.15) is 56.6 Å². The summed E-state index contributed by atoms with van der Waals surface area (Å²) in [4.78, 5) is 31.9. The number of ether oxygens (including phenoxy) is 5. The SMILES string of the molecule is COC(=O)c1nc(Br)c(OCc2ccc(OC)cc2)cc1N1CCC2(CC1)COC(C)C2NC(=O)OC(C)(C)C. The molecule has 4 rings (SSSR count). The van der Waals surface area contributed by atoms with Gasteiger partial charge in [0, 0.05) is 24.6 Å². The van der Waals surface area contributed by atoms with Crippen LogP contribution < -0.4 is 19.7 Å². The topological polar surface area (TPSA) is 108 Å². The summed E-state index contributed by atoms with van der Waals surface area (Å²) in [6.07, 6.45) is 0.907. The third kappa shape index (κ3) is 6.80. The predicted molar refractivity (Wildman–Crippen MR) is 153 cm³/mol. The van der Waals surface area contributed by atoms with Gasteiger partial charge in [0.15, 0.2) is 11.4 Å². The Balaban J connectivity index is 1.51. The molecular formula is C29H38BrN3O7. The van der Waals surface area contributed by atoms with Crippen molar-refractivity contribution in [3.05, 3.63) is 46.2 Å². The molecule has 1 aromatic carbocycles. The van der Waals surface area contributed by atoms with Gasteiger partial charge in [-0.3, -0.25) is 0 Å². The molecule has 2 aliphatic heterocycles. The van der Waals surface area contributed by atoms with Gasteiger partial charge in [0.1, 0.15) is 22.6 Å². The number of amides is 1. The lowest BCUT2D eigenvalue weighted by Gasteiger charge is -2.43. The van der Waals surface area contributed by atoms with Gasteiger partial charge in [0.25, 0.3) is 0 Å². The zero-order valence-electron chi connectivity index (χ0n) is 23.9. The maximum Gasteiger partial charge on any atom is 0.407 e. The third-order valence-electron chi connectivity index (χ3n) is 7.39. The lowest BCUT2D eigenvalue weighted by atomic mass is 9.73. The van der Waals surface area contributed by atoms with Gasteiger partial charge < -0.3 is 33.9 Å². The molecule has 0 saturated carbocycles. The molecule has 2 atom stereocenters. The highest BCUT2D eigenvalue weighted by Crippen LogP contribution is 2.44. The van der Waals surface area contributed by atoms with Gasteiger partial charge in [-0.15, -0.1) is 0 Å². The van der Waals surface area contributed by atoms with E-state index in [1.54, 1.807) is 7.11 Å². The van der Waals surface area contributed by atoms with E-state index in [2.05, 4.69) is 31.1 Å². The van der Waals surface area contributed by atoms with E-state index >= 15 is 0 Å². The van der Waals surface area contributed by atoms with Crippen LogP contribution in [0.2, 0.25) is 0 Å². The van der Waals surface area contributed by atoms with Crippen LogP contribution in [0.4, 0.5) is 10.5 Å². The summed E-state index contributed by atoms with van der Waals surface area (Å²) in [5, 5.41) is 3.07. The van der Waals surface area contributed by atoms with Crippen molar-refractivity contribution in [2.75, 3.05) is 38.8 Å². The molecule has 1 aromatic heterocycles. The molecule has 1 N–H and O–H groups in total. The average molecular weight is 621 g/mol. The second-order valence-corrected chi connectivity index (χ2v) is 12.0. The van der Waals surface area contributed by atoms with Crippen LogP contribution in [0, 0.1) is 5.41 Å². The number of carbonyl (C=O) groups is 2. The van der Waals surface area contributed by atoms with Gasteiger partial charge in [-0.2, -0.15) is 0 Å². The number of hydrogen-bond donors (Lipinski definition) is 1. The van der Waals surface area contributed by atoms with E-state index in [1.165, 1.54) is 7.11 Å². The summed E-state index contributed by atoms with van der Waals surface area (Å²) < 4.78 is 28.3. The number of benzene rings is 1. The van der Waals surface area contributed by atoms with Crippen molar-refractivity contribution in [2.24, 2.45) is 5.41 Å². The maximum atomic E-state index is 12.7. The summed E-state index contributed by atoms with van der Waals surface area (Å²) in [5.74, 6) is 0.755. The largest absolute Gasteiger partial charge is 0.497 e. The van der Waals surface area contributed by atoms with Gasteiger partial charge in [-0.1, -0.05) is 12.1 Å². The molecule has 1 spiro atoms. The number of nitrogens with one attached hydrogen (secondary N) is 1. The molecule has 3 heterocycles. The zero-order valence-corrected chi connectivity index (χ0v) is 25.5. The summed E-state index contributed by atoms with van der Waals surface area (Å²) in [6, 6.07) is 9.26. The number of piperidine rings is 1. The molecule has 10 nitrogen and oxygen atoms in total. The van der Waals surface area contributed by atoms with Gasteiger partial charge >= 0.3 is 12.1 Å². The number of esters is 1. The third-order valence-corrected chi connectivity index (χ3v) is 7.96. The van der Waals surface area contributed by atoms with Crippen molar-refractivity contribution in [3.8, 4) is 11.5 Å². The molecule has 2 unspecified atom stereocenters. The number of aromatic nitrogens is 1. The van der Waals surface area contributed by atoms with Crippen LogP contribution in [-0.4, -0.2) is 68.7 Å². The van der Waals surface area contributed by atoms with E-state index in [4.69, 9.17) is 23.7 Å². The lowest BCUT2D eigenvalue weighted by Crippen LogP contribution is -2.55. The highest BCUT2D eigenvalue weighted by atomic mass is 79.9. The Morgan fingerprint density at radius 1 is 1.18 bits per heavy atom. The van der Waals surface area contributed by atoms with Gasteiger partial charge in [-0.05, 0) is 74.2 Å². The molecule has 11 heteroatoms. The minimum atomic E-state index is -0.588. The summed E-state index contributed by atoms with van der Waals surface area (Å²) in [5.41, 5.74) is 0.981. The number of nitrogens with zero attached hydrogens (tertiary/aromatic N) is 2. The Kier molecular flexibility index (Phi) is 9.14. The van der Waals surface area contributed by atoms with Gasteiger partial charge in [0.05, 0.1) is 38.7 Å². The summed E-state index contributed by atoms with van der Waals surface area (Å²) in [6.45, 7) is 9.63. The van der Waals surface area contributed by atoms with E-state index in [-0.39, 0.29) is 23.3 Å². The zero-order chi connectivity index (χ0) is 29.1. The second kappa shape index (κ2) is 12.2. The van der Waals surface area contributed by atoms with Crippen molar-refractivity contribution in [1.29, 1.82) is 0 Å². The minimum Gasteiger partial charge on any atom is -0.497 e. The molecule has 2 aliphatic rings. The molecule has 0 radical (unpaired) electrons. The molecule has 0 aliphatic carbocycles. The monoisotopic (exact) mass is 619 g/mol. The highest BCUT2D eigenvalue weighted by Gasteiger charge is 2.50. The second-order valence-electron chi connectivity index (χ2n) is 11.3. The molecule has 2 aromatic rings. The number of carbonyl (C=O) groups excluding carboxylic acids is 2. The number of rotatable bonds is 7. The standard InChI is InChI=1S/C29H38BrN3O7/c1-18-24(32-27(35)40-28(2,3)4)29(17-39-18)11-13-33(14-12-29)21-15-22(25(30)31-23(21)26(34)37-6)38-16-19-7-9-20(36-5)10-8-19/h7-10,15,18,24H,11-14,16-17H2,1-6H3,(H,32,35). The Morgan fingerprint density at radius 2 is 1.85 bits per heavy atom. The number of hydrogen-bond acceptors (Lipinski definition) is 9. The molecular weight excluding hydrogens is 582 g/mol. The summed E-state index contributed by atoms with van der Waals surface area (Å²) >= 11 is 3.45. The van der Waals surface area contributed by atoms with Crippen LogP contribution in [0.5, 0.6) is 11.5 Å². The average Bonchev–Trinajstić information content (AvgIpc) is 3.21. The minimum absolute atomic E-state index is 0.142. The van der Waals surface area contributed by atoms with Gasteiger partial charge in [-0.25, -0.2) is 14.6 Å². The normalized spacial score (nSPS) is 20.2. The van der Waals surface area contributed by atoms with Crippen LogP contribution in [-0.2, 0) is 20.8 Å². The number of halogens is 1.